The number of aryl methyl sites for hydroxylation is 2. The largest absolute Gasteiger partial charge is 0.497 e. The van der Waals surface area contributed by atoms with Crippen molar-refractivity contribution in [3.05, 3.63) is 108 Å². The van der Waals surface area contributed by atoms with Crippen molar-refractivity contribution in [1.29, 1.82) is 0 Å². The van der Waals surface area contributed by atoms with E-state index < -0.39 is 0 Å². The van der Waals surface area contributed by atoms with E-state index in [-0.39, 0.29) is 12.1 Å². The zero-order chi connectivity index (χ0) is 22.9. The highest BCUT2D eigenvalue weighted by Crippen LogP contribution is 2.42. The van der Waals surface area contributed by atoms with Crippen LogP contribution >= 0.6 is 12.2 Å². The Hall–Kier alpha value is -3.64. The highest BCUT2D eigenvalue weighted by molar-refractivity contribution is 7.80. The number of anilines is 1. The van der Waals surface area contributed by atoms with Crippen LogP contribution in [-0.2, 0) is 0 Å². The van der Waals surface area contributed by atoms with E-state index in [9.17, 15) is 0 Å². The van der Waals surface area contributed by atoms with Crippen molar-refractivity contribution in [2.45, 2.75) is 25.9 Å². The van der Waals surface area contributed by atoms with Crippen LogP contribution in [-0.4, -0.2) is 21.8 Å². The Morgan fingerprint density at radius 1 is 0.909 bits per heavy atom. The Labute approximate surface area is 199 Å². The van der Waals surface area contributed by atoms with Crippen LogP contribution in [0, 0.1) is 13.8 Å². The zero-order valence-electron chi connectivity index (χ0n) is 18.9. The second kappa shape index (κ2) is 8.71. The summed E-state index contributed by atoms with van der Waals surface area (Å²) in [5.74, 6) is 0.833. The molecule has 0 aliphatic carbocycles. The third-order valence-electron chi connectivity index (χ3n) is 6.30. The molecule has 1 N–H and O–H groups in total. The first-order chi connectivity index (χ1) is 16.1. The van der Waals surface area contributed by atoms with Gasteiger partial charge >= 0.3 is 0 Å². The van der Waals surface area contributed by atoms with Crippen molar-refractivity contribution < 1.29 is 4.74 Å². The number of nitrogens with zero attached hydrogens (tertiary/aromatic N) is 3. The van der Waals surface area contributed by atoms with Crippen molar-refractivity contribution in [2.75, 3.05) is 12.0 Å². The van der Waals surface area contributed by atoms with E-state index in [0.29, 0.717) is 5.11 Å². The fraction of sp³-hybridized carbons (Fsp3) is 0.185. The van der Waals surface area contributed by atoms with Crippen molar-refractivity contribution in [3.8, 4) is 11.4 Å². The molecule has 1 aliphatic heterocycles. The van der Waals surface area contributed by atoms with Gasteiger partial charge in [0.2, 0.25) is 0 Å². The van der Waals surface area contributed by atoms with Gasteiger partial charge < -0.3 is 19.5 Å². The van der Waals surface area contributed by atoms with Gasteiger partial charge in [-0.3, -0.25) is 4.98 Å². The summed E-state index contributed by atoms with van der Waals surface area (Å²) < 4.78 is 7.56. The molecular formula is C27H26N4OS. The van der Waals surface area contributed by atoms with E-state index in [1.54, 1.807) is 7.11 Å². The molecule has 0 spiro atoms. The summed E-state index contributed by atoms with van der Waals surface area (Å²) >= 11 is 5.88. The molecule has 4 aromatic rings. The predicted octanol–water partition coefficient (Wildman–Crippen LogP) is 5.67. The van der Waals surface area contributed by atoms with Crippen molar-refractivity contribution in [3.63, 3.8) is 0 Å². The van der Waals surface area contributed by atoms with Crippen LogP contribution in [0.15, 0.2) is 85.2 Å². The average Bonchev–Trinajstić information content (AvgIpc) is 3.46. The van der Waals surface area contributed by atoms with E-state index in [1.807, 2.05) is 30.5 Å². The number of benzene rings is 2. The molecule has 2 aromatic heterocycles. The molecule has 6 heteroatoms. The molecule has 1 fully saturated rings. The molecule has 0 unspecified atom stereocenters. The lowest BCUT2D eigenvalue weighted by Gasteiger charge is -2.29. The summed E-state index contributed by atoms with van der Waals surface area (Å²) in [5.41, 5.74) is 6.71. The lowest BCUT2D eigenvalue weighted by Crippen LogP contribution is -2.30. The maximum atomic E-state index is 5.88. The first-order valence-electron chi connectivity index (χ1n) is 11.0. The second-order valence-electron chi connectivity index (χ2n) is 8.27. The summed E-state index contributed by atoms with van der Waals surface area (Å²) in [6.45, 7) is 4.26. The van der Waals surface area contributed by atoms with Crippen LogP contribution in [0.1, 0.15) is 34.6 Å². The SMILES string of the molecule is COc1ccc(-n2cccc2[C@@H]2[C@@H](c3ccccn3)NC(=S)N2c2ccc(C)c(C)c2)cc1. The zero-order valence-corrected chi connectivity index (χ0v) is 19.7. The van der Waals surface area contributed by atoms with Gasteiger partial charge in [0.05, 0.1) is 18.8 Å². The molecule has 5 nitrogen and oxygen atoms in total. The normalized spacial score (nSPS) is 17.8. The second-order valence-corrected chi connectivity index (χ2v) is 8.65. The van der Waals surface area contributed by atoms with Crippen LogP contribution < -0.4 is 15.0 Å². The molecule has 0 radical (unpaired) electrons. The molecule has 0 bridgehead atoms. The molecule has 33 heavy (non-hydrogen) atoms. The monoisotopic (exact) mass is 454 g/mol. The van der Waals surface area contributed by atoms with Crippen molar-refractivity contribution in [2.24, 2.45) is 0 Å². The van der Waals surface area contributed by atoms with E-state index in [0.717, 1.165) is 28.5 Å². The molecule has 2 aromatic carbocycles. The summed E-state index contributed by atoms with van der Waals surface area (Å²) in [7, 11) is 1.68. The first-order valence-corrected chi connectivity index (χ1v) is 11.4. The van der Waals surface area contributed by atoms with Gasteiger partial charge in [0.1, 0.15) is 11.8 Å². The molecule has 0 amide bonds. The Kier molecular flexibility index (Phi) is 5.60. The maximum Gasteiger partial charge on any atom is 0.174 e. The van der Waals surface area contributed by atoms with E-state index in [1.165, 1.54) is 11.1 Å². The molecular weight excluding hydrogens is 428 g/mol. The third kappa shape index (κ3) is 3.87. The number of nitrogens with one attached hydrogen (secondary N) is 1. The molecule has 3 heterocycles. The Balaban J connectivity index is 1.65. The minimum absolute atomic E-state index is 0.0772. The minimum atomic E-state index is -0.0905. The standard InChI is InChI=1S/C27H26N4OS/c1-18-9-10-21(17-19(18)2)31-26(25(29-27(31)33)23-7-4-5-15-28-23)24-8-6-16-30(24)20-11-13-22(32-3)14-12-20/h4-17,25-26H,1-3H3,(H,29,33)/t25-,26-/m1/s1. The van der Waals surface area contributed by atoms with Crippen molar-refractivity contribution >= 4 is 23.0 Å². The number of rotatable bonds is 5. The summed E-state index contributed by atoms with van der Waals surface area (Å²) in [6.07, 6.45) is 3.92. The quantitative estimate of drug-likeness (QED) is 0.393. The fourth-order valence-corrected chi connectivity index (χ4v) is 4.77. The van der Waals surface area contributed by atoms with Gasteiger partial charge in [-0.05, 0) is 97.9 Å². The Morgan fingerprint density at radius 2 is 1.70 bits per heavy atom. The Bertz CT molecular complexity index is 1280. The van der Waals surface area contributed by atoms with Gasteiger partial charge in [-0.15, -0.1) is 0 Å². The molecule has 5 rings (SSSR count). The van der Waals surface area contributed by atoms with Crippen molar-refractivity contribution in [1.82, 2.24) is 14.9 Å². The lowest BCUT2D eigenvalue weighted by atomic mass is 10.00. The number of methoxy groups -OCH3 is 1. The fourth-order valence-electron chi connectivity index (χ4n) is 4.42. The van der Waals surface area contributed by atoms with Crippen LogP contribution in [0.5, 0.6) is 5.75 Å². The molecule has 166 valence electrons. The number of hydrogen-bond acceptors (Lipinski definition) is 3. The molecule has 1 saturated heterocycles. The van der Waals surface area contributed by atoms with Crippen LogP contribution in [0.2, 0.25) is 0 Å². The first kappa shape index (κ1) is 21.2. The summed E-state index contributed by atoms with van der Waals surface area (Å²) in [5, 5.41) is 4.25. The number of aromatic nitrogens is 2. The highest BCUT2D eigenvalue weighted by Gasteiger charge is 2.42. The van der Waals surface area contributed by atoms with E-state index >= 15 is 0 Å². The van der Waals surface area contributed by atoms with Crippen LogP contribution in [0.4, 0.5) is 5.69 Å². The van der Waals surface area contributed by atoms with Gasteiger partial charge in [-0.1, -0.05) is 12.1 Å². The molecule has 1 aliphatic rings. The van der Waals surface area contributed by atoms with Crippen LogP contribution in [0.25, 0.3) is 5.69 Å². The third-order valence-corrected chi connectivity index (χ3v) is 6.62. The lowest BCUT2D eigenvalue weighted by molar-refractivity contribution is 0.414. The molecule has 0 saturated carbocycles. The summed E-state index contributed by atoms with van der Waals surface area (Å²) in [4.78, 5) is 6.88. The van der Waals surface area contributed by atoms with Gasteiger partial charge in [0.15, 0.2) is 5.11 Å². The van der Waals surface area contributed by atoms with E-state index in [4.69, 9.17) is 17.0 Å². The predicted molar refractivity (Wildman–Crippen MR) is 136 cm³/mol. The van der Waals surface area contributed by atoms with Gasteiger partial charge in [0, 0.05) is 29.5 Å². The summed E-state index contributed by atoms with van der Waals surface area (Å²) in [6, 6.07) is 24.7. The Morgan fingerprint density at radius 3 is 2.39 bits per heavy atom. The number of hydrogen-bond donors (Lipinski definition) is 1. The number of thiocarbonyl (C=S) groups is 1. The number of ether oxygens (including phenoxy) is 1. The smallest absolute Gasteiger partial charge is 0.174 e. The maximum absolute atomic E-state index is 5.88. The van der Waals surface area contributed by atoms with Gasteiger partial charge in [0.25, 0.3) is 0 Å². The topological polar surface area (TPSA) is 42.3 Å². The van der Waals surface area contributed by atoms with E-state index in [2.05, 4.69) is 88.3 Å². The number of pyridine rings is 1. The highest BCUT2D eigenvalue weighted by atomic mass is 32.1. The van der Waals surface area contributed by atoms with Crippen LogP contribution in [0.3, 0.4) is 0 Å². The minimum Gasteiger partial charge on any atom is -0.497 e. The average molecular weight is 455 g/mol. The molecule has 2 atom stereocenters. The van der Waals surface area contributed by atoms with Gasteiger partial charge in [-0.25, -0.2) is 0 Å². The van der Waals surface area contributed by atoms with Gasteiger partial charge in [-0.2, -0.15) is 0 Å².